The number of unbranched alkanes of at least 4 members (excludes halogenated alkanes) is 7. The Kier molecular flexibility index (Phi) is 12.1. The molecular formula is C32H49N. The molecule has 0 N–H and O–H groups in total. The molecule has 1 nitrogen and oxygen atoms in total. The smallest absolute Gasteiger partial charge is 0.0702 e. The van der Waals surface area contributed by atoms with Crippen molar-refractivity contribution in [1.29, 1.82) is 0 Å². The Balaban J connectivity index is 1.40. The monoisotopic (exact) mass is 447 g/mol. The van der Waals surface area contributed by atoms with Crippen LogP contribution in [0.5, 0.6) is 0 Å². The zero-order chi connectivity index (χ0) is 23.1. The first-order valence-electron chi connectivity index (χ1n) is 14.3. The summed E-state index contributed by atoms with van der Waals surface area (Å²) >= 11 is 0. The van der Waals surface area contributed by atoms with E-state index in [2.05, 4.69) is 56.4 Å². The standard InChI is InChI=1S/C32H49N/c1-3-5-7-9-11-14-30-21-24-32(33-26-30)31-22-19-27(20-23-31)17-18-29-16-12-15-28(25-29)13-10-8-6-4-2/h19-24,26,28-29H,3-18,25H2,1-2H3. The predicted octanol–water partition coefficient (Wildman–Crippen LogP) is 9.97. The Morgan fingerprint density at radius 3 is 2.03 bits per heavy atom. The zero-order valence-corrected chi connectivity index (χ0v) is 21.7. The molecule has 0 spiro atoms. The molecular weight excluding hydrogens is 398 g/mol. The molecule has 0 radical (unpaired) electrons. The van der Waals surface area contributed by atoms with Gasteiger partial charge in [0, 0.05) is 11.8 Å². The molecule has 1 aliphatic carbocycles. The van der Waals surface area contributed by atoms with Gasteiger partial charge in [0.2, 0.25) is 0 Å². The van der Waals surface area contributed by atoms with Crippen LogP contribution in [0.25, 0.3) is 11.3 Å². The van der Waals surface area contributed by atoms with Gasteiger partial charge < -0.3 is 0 Å². The van der Waals surface area contributed by atoms with Gasteiger partial charge in [0.1, 0.15) is 0 Å². The summed E-state index contributed by atoms with van der Waals surface area (Å²) in [5.74, 6) is 1.96. The van der Waals surface area contributed by atoms with Crippen LogP contribution >= 0.6 is 0 Å². The molecule has 1 fully saturated rings. The van der Waals surface area contributed by atoms with Crippen molar-refractivity contribution in [3.63, 3.8) is 0 Å². The van der Waals surface area contributed by atoms with Gasteiger partial charge in [-0.25, -0.2) is 0 Å². The summed E-state index contributed by atoms with van der Waals surface area (Å²) in [4.78, 5) is 4.76. The quantitative estimate of drug-likeness (QED) is 0.247. The number of hydrogen-bond acceptors (Lipinski definition) is 1. The molecule has 0 bridgehead atoms. The van der Waals surface area contributed by atoms with Gasteiger partial charge in [-0.3, -0.25) is 4.98 Å². The number of benzene rings is 1. The number of nitrogens with zero attached hydrogens (tertiary/aromatic N) is 1. The highest BCUT2D eigenvalue weighted by molar-refractivity contribution is 5.59. The molecule has 33 heavy (non-hydrogen) atoms. The average Bonchev–Trinajstić information content (AvgIpc) is 2.86. The fraction of sp³-hybridized carbons (Fsp3) is 0.656. The van der Waals surface area contributed by atoms with E-state index in [-0.39, 0.29) is 0 Å². The van der Waals surface area contributed by atoms with Gasteiger partial charge in [-0.15, -0.1) is 0 Å². The van der Waals surface area contributed by atoms with Crippen molar-refractivity contribution < 1.29 is 0 Å². The predicted molar refractivity (Wildman–Crippen MR) is 145 cm³/mol. The normalized spacial score (nSPS) is 18.5. The SMILES string of the molecule is CCCCCCCc1ccc(-c2ccc(CCC3CCCC(CCCCCC)C3)cc2)nc1. The molecule has 1 aliphatic rings. The Labute approximate surface area is 204 Å². The fourth-order valence-corrected chi connectivity index (χ4v) is 5.68. The van der Waals surface area contributed by atoms with Crippen LogP contribution in [0.3, 0.4) is 0 Å². The van der Waals surface area contributed by atoms with Crippen LogP contribution in [-0.2, 0) is 12.8 Å². The fourth-order valence-electron chi connectivity index (χ4n) is 5.68. The molecule has 182 valence electrons. The van der Waals surface area contributed by atoms with E-state index >= 15 is 0 Å². The van der Waals surface area contributed by atoms with Crippen LogP contribution < -0.4 is 0 Å². The Morgan fingerprint density at radius 2 is 1.33 bits per heavy atom. The topological polar surface area (TPSA) is 12.9 Å². The minimum atomic E-state index is 0.950. The van der Waals surface area contributed by atoms with E-state index < -0.39 is 0 Å². The minimum absolute atomic E-state index is 0.950. The van der Waals surface area contributed by atoms with Gasteiger partial charge in [0.15, 0.2) is 0 Å². The maximum Gasteiger partial charge on any atom is 0.0702 e. The molecule has 0 aliphatic heterocycles. The lowest BCUT2D eigenvalue weighted by Gasteiger charge is -2.29. The number of rotatable bonds is 15. The molecule has 1 aromatic heterocycles. The van der Waals surface area contributed by atoms with E-state index in [1.807, 2.05) is 0 Å². The third kappa shape index (κ3) is 9.63. The van der Waals surface area contributed by atoms with Crippen molar-refractivity contribution >= 4 is 0 Å². The van der Waals surface area contributed by atoms with E-state index in [0.29, 0.717) is 0 Å². The molecule has 1 heteroatoms. The summed E-state index contributed by atoms with van der Waals surface area (Å²) in [5.41, 5.74) is 5.23. The van der Waals surface area contributed by atoms with Crippen LogP contribution in [0.15, 0.2) is 42.6 Å². The minimum Gasteiger partial charge on any atom is -0.256 e. The number of pyridine rings is 1. The lowest BCUT2D eigenvalue weighted by molar-refractivity contribution is 0.239. The first-order chi connectivity index (χ1) is 16.3. The van der Waals surface area contributed by atoms with Gasteiger partial charge >= 0.3 is 0 Å². The highest BCUT2D eigenvalue weighted by Gasteiger charge is 2.21. The summed E-state index contributed by atoms with van der Waals surface area (Å²) in [5, 5.41) is 0. The van der Waals surface area contributed by atoms with E-state index in [9.17, 15) is 0 Å². The largest absolute Gasteiger partial charge is 0.256 e. The summed E-state index contributed by atoms with van der Waals surface area (Å²) < 4.78 is 0. The first-order valence-corrected chi connectivity index (χ1v) is 14.3. The molecule has 0 saturated heterocycles. The van der Waals surface area contributed by atoms with E-state index in [4.69, 9.17) is 4.98 Å². The highest BCUT2D eigenvalue weighted by Crippen LogP contribution is 2.35. The molecule has 1 aromatic carbocycles. The van der Waals surface area contributed by atoms with Gasteiger partial charge in [-0.05, 0) is 61.1 Å². The molecule has 1 heterocycles. The van der Waals surface area contributed by atoms with Crippen molar-refractivity contribution in [3.8, 4) is 11.3 Å². The second kappa shape index (κ2) is 15.3. The first kappa shape index (κ1) is 26.0. The van der Waals surface area contributed by atoms with Crippen molar-refractivity contribution in [3.05, 3.63) is 53.7 Å². The lowest BCUT2D eigenvalue weighted by atomic mass is 9.77. The maximum atomic E-state index is 4.76. The Bertz CT molecular complexity index is 745. The van der Waals surface area contributed by atoms with Crippen LogP contribution in [0.2, 0.25) is 0 Å². The van der Waals surface area contributed by atoms with Crippen molar-refractivity contribution in [2.75, 3.05) is 0 Å². The molecule has 0 amide bonds. The number of aryl methyl sites for hydroxylation is 2. The Morgan fingerprint density at radius 1 is 0.667 bits per heavy atom. The van der Waals surface area contributed by atoms with Crippen LogP contribution in [0.1, 0.15) is 121 Å². The molecule has 2 aromatic rings. The summed E-state index contributed by atoms with van der Waals surface area (Å²) in [6, 6.07) is 13.7. The zero-order valence-electron chi connectivity index (χ0n) is 21.7. The third-order valence-corrected chi connectivity index (χ3v) is 7.84. The second-order valence-electron chi connectivity index (χ2n) is 10.7. The van der Waals surface area contributed by atoms with Crippen LogP contribution in [-0.4, -0.2) is 4.98 Å². The lowest BCUT2D eigenvalue weighted by Crippen LogP contribution is -2.16. The molecule has 2 unspecified atom stereocenters. The van der Waals surface area contributed by atoms with Gasteiger partial charge in [0.25, 0.3) is 0 Å². The van der Waals surface area contributed by atoms with Gasteiger partial charge in [0.05, 0.1) is 5.69 Å². The summed E-state index contributed by atoms with van der Waals surface area (Å²) in [7, 11) is 0. The average molecular weight is 448 g/mol. The van der Waals surface area contributed by atoms with Crippen molar-refractivity contribution in [2.45, 2.75) is 123 Å². The van der Waals surface area contributed by atoms with Crippen LogP contribution in [0, 0.1) is 11.8 Å². The maximum absolute atomic E-state index is 4.76. The van der Waals surface area contributed by atoms with E-state index in [0.717, 1.165) is 24.0 Å². The molecule has 3 rings (SSSR count). The van der Waals surface area contributed by atoms with Crippen LogP contribution in [0.4, 0.5) is 0 Å². The molecule has 1 saturated carbocycles. The second-order valence-corrected chi connectivity index (χ2v) is 10.7. The number of hydrogen-bond donors (Lipinski definition) is 0. The highest BCUT2D eigenvalue weighted by atomic mass is 14.7. The van der Waals surface area contributed by atoms with Gasteiger partial charge in [-0.2, -0.15) is 0 Å². The number of aromatic nitrogens is 1. The van der Waals surface area contributed by atoms with Crippen molar-refractivity contribution in [1.82, 2.24) is 4.98 Å². The third-order valence-electron chi connectivity index (χ3n) is 7.84. The van der Waals surface area contributed by atoms with Gasteiger partial charge in [-0.1, -0.05) is 121 Å². The van der Waals surface area contributed by atoms with E-state index in [1.54, 1.807) is 0 Å². The summed E-state index contributed by atoms with van der Waals surface area (Å²) in [6.07, 6.45) is 25.6. The summed E-state index contributed by atoms with van der Waals surface area (Å²) in [6.45, 7) is 4.59. The molecule has 2 atom stereocenters. The Hall–Kier alpha value is -1.63. The van der Waals surface area contributed by atoms with E-state index in [1.165, 1.54) is 119 Å². The van der Waals surface area contributed by atoms with Crippen molar-refractivity contribution in [2.24, 2.45) is 11.8 Å².